The summed E-state index contributed by atoms with van der Waals surface area (Å²) in [6.45, 7) is 0. The van der Waals surface area contributed by atoms with Crippen molar-refractivity contribution in [3.05, 3.63) is 255 Å². The van der Waals surface area contributed by atoms with E-state index < -0.39 is 0 Å². The second kappa shape index (κ2) is 17.2. The Kier molecular flexibility index (Phi) is 10.2. The molecule has 0 aliphatic carbocycles. The fraction of sp³-hybridized carbons (Fsp3) is 0. The molecule has 0 saturated heterocycles. The number of hydrogen-bond donors (Lipinski definition) is 0. The minimum atomic E-state index is 0.702. The van der Waals surface area contributed by atoms with E-state index in [1.165, 1.54) is 5.39 Å². The Morgan fingerprint density at radius 2 is 0.627 bits per heavy atom. The summed E-state index contributed by atoms with van der Waals surface area (Å²) < 4.78 is 2.20. The van der Waals surface area contributed by atoms with Crippen molar-refractivity contribution in [2.45, 2.75) is 0 Å². The fourth-order valence-electron chi connectivity index (χ4n) is 9.39. The molecule has 4 heteroatoms. The molecule has 12 rings (SSSR count). The van der Waals surface area contributed by atoms with E-state index in [0.29, 0.717) is 5.82 Å². The van der Waals surface area contributed by atoms with Gasteiger partial charge in [0.15, 0.2) is 5.82 Å². The molecule has 0 aliphatic heterocycles. The van der Waals surface area contributed by atoms with E-state index in [9.17, 15) is 0 Å². The van der Waals surface area contributed by atoms with Gasteiger partial charge in [0.2, 0.25) is 0 Å². The molecule has 3 heterocycles. The fourth-order valence-corrected chi connectivity index (χ4v) is 9.39. The van der Waals surface area contributed by atoms with Gasteiger partial charge in [-0.15, -0.1) is 0 Å². The van der Waals surface area contributed by atoms with Gasteiger partial charge < -0.3 is 0 Å². The van der Waals surface area contributed by atoms with Gasteiger partial charge in [0.1, 0.15) is 5.69 Å². The van der Waals surface area contributed by atoms with E-state index in [1.807, 2.05) is 36.4 Å². The van der Waals surface area contributed by atoms with E-state index in [-0.39, 0.29) is 0 Å². The highest BCUT2D eigenvalue weighted by Gasteiger charge is 2.25. The van der Waals surface area contributed by atoms with Gasteiger partial charge in [-0.05, 0) is 44.8 Å². The molecule has 0 saturated carbocycles. The van der Waals surface area contributed by atoms with Crippen LogP contribution in [-0.4, -0.2) is 19.6 Å². The molecule has 12 aromatic rings. The van der Waals surface area contributed by atoms with Crippen LogP contribution in [0.15, 0.2) is 255 Å². The predicted octanol–water partition coefficient (Wildman–Crippen LogP) is 16.3. The monoisotopic (exact) mass is 854 g/mol. The Balaban J connectivity index is 0.903. The number of fused-ring (bicyclic) bond motifs is 3. The lowest BCUT2D eigenvalue weighted by Crippen LogP contribution is -2.00. The average molecular weight is 855 g/mol. The van der Waals surface area contributed by atoms with Crippen LogP contribution in [0.25, 0.3) is 117 Å². The van der Waals surface area contributed by atoms with Gasteiger partial charge in [-0.1, -0.05) is 249 Å². The first kappa shape index (κ1) is 39.6. The molecule has 0 N–H and O–H groups in total. The van der Waals surface area contributed by atoms with Gasteiger partial charge >= 0.3 is 0 Å². The number of rotatable bonds is 9. The zero-order chi connectivity index (χ0) is 44.5. The van der Waals surface area contributed by atoms with Crippen molar-refractivity contribution >= 4 is 16.3 Å². The van der Waals surface area contributed by atoms with Crippen molar-refractivity contribution in [2.24, 2.45) is 0 Å². The second-order valence-corrected chi connectivity index (χ2v) is 16.8. The molecular formula is C63H42N4. The molecular weight excluding hydrogens is 813 g/mol. The summed E-state index contributed by atoms with van der Waals surface area (Å²) in [6.07, 6.45) is 0. The van der Waals surface area contributed by atoms with E-state index in [0.717, 1.165) is 106 Å². The molecule has 67 heavy (non-hydrogen) atoms. The van der Waals surface area contributed by atoms with Crippen molar-refractivity contribution in [3.63, 3.8) is 0 Å². The van der Waals surface area contributed by atoms with Crippen molar-refractivity contribution in [1.82, 2.24) is 19.6 Å². The Hall–Kier alpha value is -8.99. The average Bonchev–Trinajstić information content (AvgIpc) is 3.83. The molecule has 0 amide bonds. The van der Waals surface area contributed by atoms with Crippen LogP contribution in [0.3, 0.4) is 0 Å². The third kappa shape index (κ3) is 7.47. The van der Waals surface area contributed by atoms with Gasteiger partial charge in [0.25, 0.3) is 0 Å². The lowest BCUT2D eigenvalue weighted by atomic mass is 9.90. The zero-order valence-electron chi connectivity index (χ0n) is 36.5. The van der Waals surface area contributed by atoms with E-state index in [1.54, 1.807) is 0 Å². The molecule has 314 valence electrons. The van der Waals surface area contributed by atoms with Crippen LogP contribution >= 0.6 is 0 Å². The molecule has 3 aromatic heterocycles. The first-order chi connectivity index (χ1) is 33.2. The number of hydrogen-bond acceptors (Lipinski definition) is 3. The summed E-state index contributed by atoms with van der Waals surface area (Å²) in [6, 6.07) is 89.8. The lowest BCUT2D eigenvalue weighted by Gasteiger charge is -2.18. The minimum absolute atomic E-state index is 0.702. The highest BCUT2D eigenvalue weighted by molar-refractivity contribution is 6.15. The molecule has 0 radical (unpaired) electrons. The minimum Gasteiger partial charge on any atom is -0.231 e. The lowest BCUT2D eigenvalue weighted by molar-refractivity contribution is 0.981. The summed E-state index contributed by atoms with van der Waals surface area (Å²) in [4.78, 5) is 10.1. The number of benzene rings is 9. The smallest absolute Gasteiger partial charge is 0.160 e. The van der Waals surface area contributed by atoms with Gasteiger partial charge in [-0.3, -0.25) is 0 Å². The van der Waals surface area contributed by atoms with Crippen molar-refractivity contribution in [2.75, 3.05) is 0 Å². The van der Waals surface area contributed by atoms with Crippen molar-refractivity contribution in [1.29, 1.82) is 0 Å². The number of aromatic nitrogens is 4. The van der Waals surface area contributed by atoms with Gasteiger partial charge in [0, 0.05) is 44.3 Å². The molecule has 0 unspecified atom stereocenters. The molecule has 0 spiro atoms. The Bertz CT molecular complexity index is 3610. The van der Waals surface area contributed by atoms with Crippen LogP contribution in [-0.2, 0) is 0 Å². The Labute approximate surface area is 389 Å². The zero-order valence-corrected chi connectivity index (χ0v) is 36.5. The third-order valence-electron chi connectivity index (χ3n) is 12.7. The highest BCUT2D eigenvalue weighted by atomic mass is 15.2. The van der Waals surface area contributed by atoms with Crippen LogP contribution in [0.4, 0.5) is 0 Å². The molecule has 0 atom stereocenters. The molecule has 0 aliphatic rings. The molecule has 0 bridgehead atoms. The van der Waals surface area contributed by atoms with Gasteiger partial charge in [-0.25, -0.2) is 14.5 Å². The summed E-state index contributed by atoms with van der Waals surface area (Å²) in [5.41, 5.74) is 19.3. The normalized spacial score (nSPS) is 11.3. The topological polar surface area (TPSA) is 43.1 Å². The van der Waals surface area contributed by atoms with Crippen LogP contribution in [0, 0.1) is 0 Å². The molecule has 4 nitrogen and oxygen atoms in total. The second-order valence-electron chi connectivity index (χ2n) is 16.8. The van der Waals surface area contributed by atoms with E-state index in [2.05, 4.69) is 223 Å². The molecule has 9 aromatic carbocycles. The van der Waals surface area contributed by atoms with Crippen molar-refractivity contribution in [3.8, 4) is 101 Å². The SMILES string of the molecule is c1ccc(-c2cc(-c3ccccc3)nc(-c3ccc(-c4ccc(-c5ccc(-c6c(-c7ccccc7)n7nc(-c8ccccc8)c(-c8ccccc8)c7c7ccccc67)cc5)cc4)cc3)n2)cc1. The summed E-state index contributed by atoms with van der Waals surface area (Å²) in [5.74, 6) is 0.702. The van der Waals surface area contributed by atoms with Crippen LogP contribution < -0.4 is 0 Å². The predicted molar refractivity (Wildman–Crippen MR) is 277 cm³/mol. The standard InChI is InChI=1S/C63H42N4/c1-6-18-47(19-7-1)56-42-57(48-20-8-2-9-21-48)65-63(64-56)53-40-36-46(37-41-53)44-32-30-43(31-33-44)45-34-38-50(39-35-45)58-54-28-16-17-29-55(54)62-59(49-22-10-3-11-23-49)60(51-24-12-4-13-25-51)66-67(62)61(58)52-26-14-5-15-27-52/h1-42H. The van der Waals surface area contributed by atoms with Crippen LogP contribution in [0.2, 0.25) is 0 Å². The van der Waals surface area contributed by atoms with Gasteiger partial charge in [-0.2, -0.15) is 5.10 Å². The highest BCUT2D eigenvalue weighted by Crippen LogP contribution is 2.46. The summed E-state index contributed by atoms with van der Waals surface area (Å²) in [7, 11) is 0. The third-order valence-corrected chi connectivity index (χ3v) is 12.7. The van der Waals surface area contributed by atoms with Crippen LogP contribution in [0.5, 0.6) is 0 Å². The Morgan fingerprint density at radius 3 is 1.10 bits per heavy atom. The van der Waals surface area contributed by atoms with E-state index in [4.69, 9.17) is 15.1 Å². The quantitative estimate of drug-likeness (QED) is 0.145. The van der Waals surface area contributed by atoms with Crippen LogP contribution in [0.1, 0.15) is 0 Å². The van der Waals surface area contributed by atoms with E-state index >= 15 is 0 Å². The maximum Gasteiger partial charge on any atom is 0.160 e. The first-order valence-electron chi connectivity index (χ1n) is 22.7. The van der Waals surface area contributed by atoms with Gasteiger partial charge in [0.05, 0.1) is 22.6 Å². The number of nitrogens with zero attached hydrogens (tertiary/aromatic N) is 4. The first-order valence-corrected chi connectivity index (χ1v) is 22.7. The maximum absolute atomic E-state index is 5.53. The molecule has 0 fully saturated rings. The number of pyridine rings is 1. The maximum atomic E-state index is 5.53. The largest absolute Gasteiger partial charge is 0.231 e. The summed E-state index contributed by atoms with van der Waals surface area (Å²) >= 11 is 0. The Morgan fingerprint density at radius 1 is 0.269 bits per heavy atom. The van der Waals surface area contributed by atoms with Crippen molar-refractivity contribution < 1.29 is 0 Å². The summed E-state index contributed by atoms with van der Waals surface area (Å²) in [5, 5.41) is 7.87.